The predicted octanol–water partition coefficient (Wildman–Crippen LogP) is 1.24. The topological polar surface area (TPSA) is 53.8 Å². The summed E-state index contributed by atoms with van der Waals surface area (Å²) >= 11 is 5.76. The summed E-state index contributed by atoms with van der Waals surface area (Å²) in [5.41, 5.74) is 0. The maximum absolute atomic E-state index is 11.5. The molecule has 0 aliphatic carbocycles. The first-order chi connectivity index (χ1) is 9.52. The molecule has 0 amide bonds. The summed E-state index contributed by atoms with van der Waals surface area (Å²) in [6.07, 6.45) is 0.788. The van der Waals surface area contributed by atoms with Crippen molar-refractivity contribution >= 4 is 21.4 Å². The number of hydrogen-bond donors (Lipinski definition) is 0. The Hall–Kier alpha value is -0.560. The Labute approximate surface area is 124 Å². The van der Waals surface area contributed by atoms with E-state index in [2.05, 4.69) is 9.80 Å². The molecule has 2 aliphatic heterocycles. The third-order valence-corrected chi connectivity index (χ3v) is 6.09. The fourth-order valence-electron chi connectivity index (χ4n) is 3.01. The van der Waals surface area contributed by atoms with Crippen molar-refractivity contribution in [3.05, 3.63) is 23.1 Å². The normalized spacial score (nSPS) is 27.9. The lowest BCUT2D eigenvalue weighted by Gasteiger charge is -2.37. The Morgan fingerprint density at radius 1 is 1.25 bits per heavy atom. The van der Waals surface area contributed by atoms with Gasteiger partial charge in [-0.25, -0.2) is 8.42 Å². The molecule has 0 radical (unpaired) electrons. The van der Waals surface area contributed by atoms with Gasteiger partial charge in [0.05, 0.1) is 18.1 Å². The molecular formula is C13H19ClN2O3S. The Morgan fingerprint density at radius 3 is 2.55 bits per heavy atom. The molecule has 0 spiro atoms. The lowest BCUT2D eigenvalue weighted by atomic mass is 10.2. The van der Waals surface area contributed by atoms with Crippen LogP contribution < -0.4 is 0 Å². The molecule has 5 nitrogen and oxygen atoms in total. The highest BCUT2D eigenvalue weighted by atomic mass is 35.5. The van der Waals surface area contributed by atoms with E-state index in [0.717, 1.165) is 44.9 Å². The summed E-state index contributed by atoms with van der Waals surface area (Å²) in [6.45, 7) is 4.50. The average Bonchev–Trinajstić information content (AvgIpc) is 2.96. The van der Waals surface area contributed by atoms with Gasteiger partial charge in [-0.05, 0) is 30.2 Å². The summed E-state index contributed by atoms with van der Waals surface area (Å²) in [7, 11) is -2.79. The molecule has 2 aliphatic rings. The molecule has 2 saturated heterocycles. The van der Waals surface area contributed by atoms with E-state index in [0.29, 0.717) is 16.7 Å². The number of rotatable bonds is 3. The van der Waals surface area contributed by atoms with Crippen LogP contribution in [0.5, 0.6) is 0 Å². The van der Waals surface area contributed by atoms with Crippen molar-refractivity contribution in [2.75, 3.05) is 37.7 Å². The van der Waals surface area contributed by atoms with Gasteiger partial charge in [0.25, 0.3) is 0 Å². The van der Waals surface area contributed by atoms with Crippen LogP contribution in [0.25, 0.3) is 0 Å². The van der Waals surface area contributed by atoms with Gasteiger partial charge in [0.2, 0.25) is 0 Å². The Kier molecular flexibility index (Phi) is 4.08. The van der Waals surface area contributed by atoms with Gasteiger partial charge in [0.15, 0.2) is 15.1 Å². The van der Waals surface area contributed by atoms with Crippen molar-refractivity contribution in [3.63, 3.8) is 0 Å². The van der Waals surface area contributed by atoms with Gasteiger partial charge in [-0.3, -0.25) is 9.80 Å². The average molecular weight is 319 g/mol. The minimum atomic E-state index is -2.79. The van der Waals surface area contributed by atoms with Crippen molar-refractivity contribution < 1.29 is 12.8 Å². The zero-order chi connectivity index (χ0) is 14.2. The zero-order valence-electron chi connectivity index (χ0n) is 11.3. The molecule has 1 aromatic rings. The summed E-state index contributed by atoms with van der Waals surface area (Å²) in [5, 5.41) is 0.426. The number of nitrogens with zero attached hydrogens (tertiary/aromatic N) is 2. The molecule has 7 heteroatoms. The van der Waals surface area contributed by atoms with Crippen LogP contribution in [0.15, 0.2) is 16.5 Å². The van der Waals surface area contributed by atoms with Gasteiger partial charge in [-0.1, -0.05) is 0 Å². The first kappa shape index (κ1) is 14.4. The molecule has 3 rings (SSSR count). The van der Waals surface area contributed by atoms with Crippen LogP contribution in [0.3, 0.4) is 0 Å². The molecule has 1 aromatic heterocycles. The second-order valence-corrected chi connectivity index (χ2v) is 8.18. The summed E-state index contributed by atoms with van der Waals surface area (Å²) in [6, 6.07) is 3.88. The van der Waals surface area contributed by atoms with Gasteiger partial charge in [0, 0.05) is 32.2 Å². The van der Waals surface area contributed by atoms with Crippen LogP contribution >= 0.6 is 11.6 Å². The largest absolute Gasteiger partial charge is 0.448 e. The molecular weight excluding hydrogens is 300 g/mol. The maximum Gasteiger partial charge on any atom is 0.193 e. The van der Waals surface area contributed by atoms with Gasteiger partial charge >= 0.3 is 0 Å². The first-order valence-corrected chi connectivity index (χ1v) is 9.13. The van der Waals surface area contributed by atoms with E-state index in [1.807, 2.05) is 6.07 Å². The summed E-state index contributed by atoms with van der Waals surface area (Å²) in [5.74, 6) is 1.57. The zero-order valence-corrected chi connectivity index (χ0v) is 12.9. The van der Waals surface area contributed by atoms with Crippen LogP contribution in [0.1, 0.15) is 12.2 Å². The summed E-state index contributed by atoms with van der Waals surface area (Å²) in [4.78, 5) is 4.63. The number of halogens is 1. The number of piperazine rings is 1. The van der Waals surface area contributed by atoms with Crippen LogP contribution in [0, 0.1) is 0 Å². The predicted molar refractivity (Wildman–Crippen MR) is 77.6 cm³/mol. The van der Waals surface area contributed by atoms with Gasteiger partial charge in [0.1, 0.15) is 5.76 Å². The second-order valence-electron chi connectivity index (χ2n) is 5.57. The van der Waals surface area contributed by atoms with Crippen molar-refractivity contribution in [2.45, 2.75) is 19.0 Å². The lowest BCUT2D eigenvalue weighted by molar-refractivity contribution is 0.0955. The highest BCUT2D eigenvalue weighted by Gasteiger charge is 2.33. The fourth-order valence-corrected chi connectivity index (χ4v) is 4.93. The monoisotopic (exact) mass is 318 g/mol. The van der Waals surface area contributed by atoms with E-state index in [4.69, 9.17) is 16.0 Å². The van der Waals surface area contributed by atoms with Crippen LogP contribution in [0.4, 0.5) is 0 Å². The highest BCUT2D eigenvalue weighted by Crippen LogP contribution is 2.20. The number of furan rings is 1. The Balaban J connectivity index is 1.50. The highest BCUT2D eigenvalue weighted by molar-refractivity contribution is 7.91. The SMILES string of the molecule is O=S1(=O)CC[C@@H](N2CCN(Cc3ccc(Cl)o3)CC2)C1. The van der Waals surface area contributed by atoms with E-state index in [1.165, 1.54) is 0 Å². The van der Waals surface area contributed by atoms with E-state index in [-0.39, 0.29) is 6.04 Å². The molecule has 112 valence electrons. The quantitative estimate of drug-likeness (QED) is 0.839. The molecule has 1 atom stereocenters. The molecule has 0 aromatic carbocycles. The first-order valence-electron chi connectivity index (χ1n) is 6.93. The standard InChI is InChI=1S/C13H19ClN2O3S/c14-13-2-1-12(19-13)9-15-4-6-16(7-5-15)11-3-8-20(17,18)10-11/h1-2,11H,3-10H2/t11-/m1/s1. The lowest BCUT2D eigenvalue weighted by Crippen LogP contribution is -2.50. The molecule has 20 heavy (non-hydrogen) atoms. The van der Waals surface area contributed by atoms with Crippen molar-refractivity contribution in [2.24, 2.45) is 0 Å². The van der Waals surface area contributed by atoms with Crippen LogP contribution in [0.2, 0.25) is 5.22 Å². The Bertz CT molecular complexity index is 564. The molecule has 0 bridgehead atoms. The number of hydrogen-bond acceptors (Lipinski definition) is 5. The van der Waals surface area contributed by atoms with E-state index in [9.17, 15) is 8.42 Å². The van der Waals surface area contributed by atoms with E-state index < -0.39 is 9.84 Å². The van der Waals surface area contributed by atoms with Gasteiger partial charge in [-0.2, -0.15) is 0 Å². The van der Waals surface area contributed by atoms with Gasteiger partial charge < -0.3 is 4.42 Å². The molecule has 3 heterocycles. The smallest absolute Gasteiger partial charge is 0.193 e. The van der Waals surface area contributed by atoms with E-state index in [1.54, 1.807) is 6.07 Å². The number of sulfone groups is 1. The van der Waals surface area contributed by atoms with Crippen LogP contribution in [-0.4, -0.2) is 61.9 Å². The minimum absolute atomic E-state index is 0.222. The van der Waals surface area contributed by atoms with Gasteiger partial charge in [-0.15, -0.1) is 0 Å². The molecule has 2 fully saturated rings. The molecule has 0 unspecified atom stereocenters. The van der Waals surface area contributed by atoms with E-state index >= 15 is 0 Å². The third kappa shape index (κ3) is 3.36. The molecule has 0 saturated carbocycles. The molecule has 0 N–H and O–H groups in total. The maximum atomic E-state index is 11.5. The van der Waals surface area contributed by atoms with Crippen molar-refractivity contribution in [1.82, 2.24) is 9.80 Å². The van der Waals surface area contributed by atoms with Crippen molar-refractivity contribution in [3.8, 4) is 0 Å². The third-order valence-electron chi connectivity index (χ3n) is 4.14. The van der Waals surface area contributed by atoms with Crippen LogP contribution in [-0.2, 0) is 16.4 Å². The minimum Gasteiger partial charge on any atom is -0.448 e. The fraction of sp³-hybridized carbons (Fsp3) is 0.692. The second kappa shape index (κ2) is 5.67. The summed E-state index contributed by atoms with van der Waals surface area (Å²) < 4.78 is 28.4. The Morgan fingerprint density at radius 2 is 2.00 bits per heavy atom. The van der Waals surface area contributed by atoms with Crippen molar-refractivity contribution in [1.29, 1.82) is 0 Å².